The lowest BCUT2D eigenvalue weighted by Crippen LogP contribution is -2.28. The first-order valence-electron chi connectivity index (χ1n) is 6.68. The molecule has 0 fully saturated rings. The van der Waals surface area contributed by atoms with Crippen molar-refractivity contribution < 1.29 is 4.79 Å². The number of rotatable bonds is 3. The highest BCUT2D eigenvalue weighted by Crippen LogP contribution is 2.17. The Hall–Kier alpha value is -2.88. The van der Waals surface area contributed by atoms with E-state index in [0.717, 1.165) is 11.4 Å². The van der Waals surface area contributed by atoms with E-state index < -0.39 is 0 Å². The van der Waals surface area contributed by atoms with Crippen LogP contribution in [-0.4, -0.2) is 22.5 Å². The minimum Gasteiger partial charge on any atom is -0.310 e. The second-order valence-corrected chi connectivity index (χ2v) is 4.68. The third-order valence-corrected chi connectivity index (χ3v) is 3.34. The number of hydrogen-bond donors (Lipinski definition) is 0. The molecule has 21 heavy (non-hydrogen) atoms. The molecule has 0 aliphatic heterocycles. The van der Waals surface area contributed by atoms with Gasteiger partial charge in [-0.05, 0) is 24.3 Å². The Kier molecular flexibility index (Phi) is 3.51. The molecule has 0 bridgehead atoms. The lowest BCUT2D eigenvalue weighted by Gasteiger charge is -2.18. The molecule has 0 aliphatic rings. The third kappa shape index (κ3) is 2.56. The Morgan fingerprint density at radius 3 is 2.29 bits per heavy atom. The summed E-state index contributed by atoms with van der Waals surface area (Å²) < 4.78 is 1.79. The largest absolute Gasteiger partial charge is 0.310 e. The fourth-order valence-electron chi connectivity index (χ4n) is 2.19. The third-order valence-electron chi connectivity index (χ3n) is 3.34. The topological polar surface area (TPSA) is 38.1 Å². The Balaban J connectivity index is 1.95. The summed E-state index contributed by atoms with van der Waals surface area (Å²) in [4.78, 5) is 18.4. The second kappa shape index (κ2) is 5.63. The Morgan fingerprint density at radius 1 is 1.00 bits per heavy atom. The summed E-state index contributed by atoms with van der Waals surface area (Å²) >= 11 is 0. The Morgan fingerprint density at radius 2 is 1.62 bits per heavy atom. The number of para-hydroxylation sites is 2. The number of benzene rings is 2. The van der Waals surface area contributed by atoms with Gasteiger partial charge in [-0.2, -0.15) is 0 Å². The van der Waals surface area contributed by atoms with E-state index in [0.29, 0.717) is 5.69 Å². The monoisotopic (exact) mass is 277 g/mol. The van der Waals surface area contributed by atoms with Crippen molar-refractivity contribution in [3.63, 3.8) is 0 Å². The molecule has 1 aromatic heterocycles. The smallest absolute Gasteiger partial charge is 0.276 e. The molecule has 4 nitrogen and oxygen atoms in total. The molecule has 2 aromatic carbocycles. The molecule has 0 saturated heterocycles. The first-order valence-corrected chi connectivity index (χ1v) is 6.68. The highest BCUT2D eigenvalue weighted by molar-refractivity contribution is 6.04. The maximum atomic E-state index is 12.7. The zero-order valence-corrected chi connectivity index (χ0v) is 11.7. The number of carbonyl (C=O) groups excluding carboxylic acids is 1. The van der Waals surface area contributed by atoms with Gasteiger partial charge in [0.25, 0.3) is 5.91 Å². The number of aromatic nitrogens is 2. The van der Waals surface area contributed by atoms with E-state index in [9.17, 15) is 4.79 Å². The van der Waals surface area contributed by atoms with Crippen molar-refractivity contribution in [3.05, 3.63) is 78.9 Å². The number of nitrogens with zero attached hydrogens (tertiary/aromatic N) is 3. The van der Waals surface area contributed by atoms with Gasteiger partial charge in [0.05, 0.1) is 12.5 Å². The van der Waals surface area contributed by atoms with Gasteiger partial charge in [-0.15, -0.1) is 0 Å². The molecule has 0 atom stereocenters. The van der Waals surface area contributed by atoms with Crippen molar-refractivity contribution in [1.82, 2.24) is 9.55 Å². The molecular weight excluding hydrogens is 262 g/mol. The minimum atomic E-state index is -0.0949. The quantitative estimate of drug-likeness (QED) is 0.737. The van der Waals surface area contributed by atoms with E-state index in [1.54, 1.807) is 29.0 Å². The Bertz CT molecular complexity index is 735. The van der Waals surface area contributed by atoms with Crippen LogP contribution in [0.15, 0.2) is 73.2 Å². The summed E-state index contributed by atoms with van der Waals surface area (Å²) in [6, 6.07) is 19.3. The van der Waals surface area contributed by atoms with Crippen molar-refractivity contribution in [3.8, 4) is 5.69 Å². The lowest BCUT2D eigenvalue weighted by atomic mass is 10.2. The summed E-state index contributed by atoms with van der Waals surface area (Å²) in [6.07, 6.45) is 3.25. The van der Waals surface area contributed by atoms with Crippen LogP contribution in [0.1, 0.15) is 10.5 Å². The Labute approximate surface area is 123 Å². The van der Waals surface area contributed by atoms with Gasteiger partial charge < -0.3 is 4.90 Å². The van der Waals surface area contributed by atoms with E-state index in [2.05, 4.69) is 4.98 Å². The van der Waals surface area contributed by atoms with Gasteiger partial charge in [0.2, 0.25) is 0 Å². The van der Waals surface area contributed by atoms with Gasteiger partial charge in [-0.1, -0.05) is 36.4 Å². The van der Waals surface area contributed by atoms with Crippen molar-refractivity contribution in [1.29, 1.82) is 0 Å². The van der Waals surface area contributed by atoms with Crippen LogP contribution in [0.2, 0.25) is 0 Å². The summed E-state index contributed by atoms with van der Waals surface area (Å²) in [5.74, 6) is -0.0949. The maximum absolute atomic E-state index is 12.7. The summed E-state index contributed by atoms with van der Waals surface area (Å²) in [5.41, 5.74) is 2.30. The summed E-state index contributed by atoms with van der Waals surface area (Å²) in [6.45, 7) is 0. The predicted octanol–water partition coefficient (Wildman–Crippen LogP) is 3.15. The molecule has 4 heteroatoms. The molecule has 0 radical (unpaired) electrons. The van der Waals surface area contributed by atoms with Crippen molar-refractivity contribution in [2.24, 2.45) is 0 Å². The number of anilines is 1. The molecule has 3 aromatic rings. The van der Waals surface area contributed by atoms with Gasteiger partial charge in [-0.25, -0.2) is 4.98 Å². The normalized spacial score (nSPS) is 10.3. The fraction of sp³-hybridized carbons (Fsp3) is 0.0588. The molecule has 1 amide bonds. The van der Waals surface area contributed by atoms with Crippen LogP contribution in [0, 0.1) is 0 Å². The van der Waals surface area contributed by atoms with E-state index in [1.807, 2.05) is 60.7 Å². The molecule has 0 unspecified atom stereocenters. The first-order chi connectivity index (χ1) is 10.3. The highest BCUT2D eigenvalue weighted by atomic mass is 16.2. The predicted molar refractivity (Wildman–Crippen MR) is 82.7 cm³/mol. The summed E-state index contributed by atoms with van der Waals surface area (Å²) in [5, 5.41) is 0. The second-order valence-electron chi connectivity index (χ2n) is 4.68. The highest BCUT2D eigenvalue weighted by Gasteiger charge is 2.18. The number of amides is 1. The molecule has 3 rings (SSSR count). The standard InChI is InChI=1S/C17H15N3O/c1-19(14-8-4-2-5-9-14)17(21)16-12-18-13-20(16)15-10-6-3-7-11-15/h2-13H,1H3. The van der Waals surface area contributed by atoms with Gasteiger partial charge in [0, 0.05) is 18.4 Å². The van der Waals surface area contributed by atoms with Crippen LogP contribution in [0.4, 0.5) is 5.69 Å². The number of hydrogen-bond acceptors (Lipinski definition) is 2. The average Bonchev–Trinajstić information content (AvgIpc) is 3.04. The van der Waals surface area contributed by atoms with E-state index in [4.69, 9.17) is 0 Å². The fourth-order valence-corrected chi connectivity index (χ4v) is 2.19. The minimum absolute atomic E-state index is 0.0949. The van der Waals surface area contributed by atoms with Crippen molar-refractivity contribution in [2.45, 2.75) is 0 Å². The zero-order chi connectivity index (χ0) is 14.7. The van der Waals surface area contributed by atoms with E-state index in [1.165, 1.54) is 0 Å². The van der Waals surface area contributed by atoms with Gasteiger partial charge in [0.1, 0.15) is 5.69 Å². The van der Waals surface area contributed by atoms with Gasteiger partial charge >= 0.3 is 0 Å². The van der Waals surface area contributed by atoms with Crippen molar-refractivity contribution >= 4 is 11.6 Å². The van der Waals surface area contributed by atoms with Crippen LogP contribution < -0.4 is 4.90 Å². The van der Waals surface area contributed by atoms with Crippen LogP contribution in [0.25, 0.3) is 5.69 Å². The average molecular weight is 277 g/mol. The van der Waals surface area contributed by atoms with Crippen LogP contribution in [0.3, 0.4) is 0 Å². The molecular formula is C17H15N3O. The molecule has 1 heterocycles. The molecule has 0 N–H and O–H groups in total. The SMILES string of the molecule is CN(C(=O)c1cncn1-c1ccccc1)c1ccccc1. The number of carbonyl (C=O) groups is 1. The van der Waals surface area contributed by atoms with Crippen LogP contribution in [0.5, 0.6) is 0 Å². The molecule has 0 saturated carbocycles. The van der Waals surface area contributed by atoms with Crippen LogP contribution in [-0.2, 0) is 0 Å². The first kappa shape index (κ1) is 13.1. The molecule has 0 spiro atoms. The van der Waals surface area contributed by atoms with E-state index in [-0.39, 0.29) is 5.91 Å². The van der Waals surface area contributed by atoms with Crippen LogP contribution >= 0.6 is 0 Å². The number of imidazole rings is 1. The van der Waals surface area contributed by atoms with E-state index >= 15 is 0 Å². The van der Waals surface area contributed by atoms with Crippen molar-refractivity contribution in [2.75, 3.05) is 11.9 Å². The zero-order valence-electron chi connectivity index (χ0n) is 11.7. The van der Waals surface area contributed by atoms with Gasteiger partial charge in [0.15, 0.2) is 0 Å². The summed E-state index contributed by atoms with van der Waals surface area (Å²) in [7, 11) is 1.76. The molecule has 0 aliphatic carbocycles. The molecule has 104 valence electrons. The maximum Gasteiger partial charge on any atom is 0.276 e. The lowest BCUT2D eigenvalue weighted by molar-refractivity contribution is 0.0986. The van der Waals surface area contributed by atoms with Gasteiger partial charge in [-0.3, -0.25) is 9.36 Å².